The molecule has 0 saturated carbocycles. The number of amides is 1. The summed E-state index contributed by atoms with van der Waals surface area (Å²) in [5, 5.41) is 14.8. The minimum absolute atomic E-state index is 0.0282. The Labute approximate surface area is 111 Å². The van der Waals surface area contributed by atoms with Gasteiger partial charge >= 0.3 is 0 Å². The third-order valence-corrected chi connectivity index (χ3v) is 3.54. The number of amidine groups is 1. The Balaban J connectivity index is 2.17. The van der Waals surface area contributed by atoms with Crippen LogP contribution in [0.25, 0.3) is 0 Å². The molecule has 0 unspecified atom stereocenters. The lowest BCUT2D eigenvalue weighted by Gasteiger charge is -2.39. The molecule has 4 N–H and O–H groups in total. The van der Waals surface area contributed by atoms with E-state index < -0.39 is 5.54 Å². The second-order valence-electron chi connectivity index (χ2n) is 4.80. The van der Waals surface area contributed by atoms with Crippen molar-refractivity contribution in [2.45, 2.75) is 18.4 Å². The molecule has 7 nitrogen and oxygen atoms in total. The molecule has 2 heterocycles. The standard InChI is InChI=1S/C12H18N4O3/c1-16-6-4-12(5-7-16,11(13)15-18)14-10(17)9-3-2-8-19-9/h2-3,8,18H,4-7H2,1H3,(H2,13,15)(H,14,17). The Bertz CT molecular complexity index is 461. The van der Waals surface area contributed by atoms with Crippen molar-refractivity contribution in [2.75, 3.05) is 20.1 Å². The lowest BCUT2D eigenvalue weighted by molar-refractivity contribution is 0.0858. The van der Waals surface area contributed by atoms with Gasteiger partial charge in [0.1, 0.15) is 5.54 Å². The molecule has 0 spiro atoms. The first-order chi connectivity index (χ1) is 9.07. The fourth-order valence-corrected chi connectivity index (χ4v) is 2.23. The Hall–Kier alpha value is -2.02. The van der Waals surface area contributed by atoms with Gasteiger partial charge in [0.25, 0.3) is 5.91 Å². The average Bonchev–Trinajstić information content (AvgIpc) is 2.95. The van der Waals surface area contributed by atoms with Crippen molar-refractivity contribution in [2.24, 2.45) is 10.9 Å². The third-order valence-electron chi connectivity index (χ3n) is 3.54. The zero-order valence-electron chi connectivity index (χ0n) is 10.8. The lowest BCUT2D eigenvalue weighted by atomic mass is 9.86. The van der Waals surface area contributed by atoms with Crippen molar-refractivity contribution in [1.82, 2.24) is 10.2 Å². The number of hydrogen-bond donors (Lipinski definition) is 3. The van der Waals surface area contributed by atoms with E-state index in [2.05, 4.69) is 15.4 Å². The van der Waals surface area contributed by atoms with Crippen LogP contribution in [-0.4, -0.2) is 47.5 Å². The maximum absolute atomic E-state index is 12.1. The predicted molar refractivity (Wildman–Crippen MR) is 69.0 cm³/mol. The molecule has 1 amide bonds. The highest BCUT2D eigenvalue weighted by Crippen LogP contribution is 2.22. The normalized spacial score (nSPS) is 20.2. The van der Waals surface area contributed by atoms with Gasteiger partial charge in [0.05, 0.1) is 6.26 Å². The summed E-state index contributed by atoms with van der Waals surface area (Å²) in [7, 11) is 1.99. The van der Waals surface area contributed by atoms with Crippen molar-refractivity contribution in [3.63, 3.8) is 0 Å². The molecule has 1 aliphatic rings. The molecular weight excluding hydrogens is 248 g/mol. The highest BCUT2D eigenvalue weighted by Gasteiger charge is 2.40. The Morgan fingerprint density at radius 1 is 1.58 bits per heavy atom. The lowest BCUT2D eigenvalue weighted by Crippen LogP contribution is -2.62. The van der Waals surface area contributed by atoms with Gasteiger partial charge in [0.2, 0.25) is 0 Å². The SMILES string of the molecule is CN1CCC(NC(=O)c2ccco2)(/C(N)=N/O)CC1. The number of hydrogen-bond acceptors (Lipinski definition) is 5. The first-order valence-corrected chi connectivity index (χ1v) is 6.10. The summed E-state index contributed by atoms with van der Waals surface area (Å²) in [5.74, 6) is -0.120. The number of carbonyl (C=O) groups excluding carboxylic acids is 1. The van der Waals surface area contributed by atoms with Gasteiger partial charge in [-0.05, 0) is 32.0 Å². The molecule has 7 heteroatoms. The van der Waals surface area contributed by atoms with Crippen molar-refractivity contribution < 1.29 is 14.4 Å². The monoisotopic (exact) mass is 266 g/mol. The molecule has 0 aromatic carbocycles. The molecule has 19 heavy (non-hydrogen) atoms. The predicted octanol–water partition coefficient (Wildman–Crippen LogP) is 0.220. The topological polar surface area (TPSA) is 104 Å². The van der Waals surface area contributed by atoms with Crippen LogP contribution in [0.1, 0.15) is 23.4 Å². The van der Waals surface area contributed by atoms with Gasteiger partial charge in [-0.2, -0.15) is 0 Å². The number of furan rings is 1. The first-order valence-electron chi connectivity index (χ1n) is 6.10. The molecule has 0 aliphatic carbocycles. The molecule has 104 valence electrons. The van der Waals surface area contributed by atoms with Crippen LogP contribution in [0.15, 0.2) is 28.0 Å². The summed E-state index contributed by atoms with van der Waals surface area (Å²) >= 11 is 0. The number of likely N-dealkylation sites (tertiary alicyclic amines) is 1. The van der Waals surface area contributed by atoms with E-state index in [-0.39, 0.29) is 17.5 Å². The van der Waals surface area contributed by atoms with Crippen molar-refractivity contribution in [3.05, 3.63) is 24.2 Å². The van der Waals surface area contributed by atoms with Gasteiger partial charge < -0.3 is 25.6 Å². The number of carbonyl (C=O) groups is 1. The molecule has 1 aromatic rings. The van der Waals surface area contributed by atoms with Gasteiger partial charge in [-0.25, -0.2) is 0 Å². The van der Waals surface area contributed by atoms with E-state index in [1.165, 1.54) is 6.26 Å². The van der Waals surface area contributed by atoms with Crippen LogP contribution in [0, 0.1) is 0 Å². The van der Waals surface area contributed by atoms with Gasteiger partial charge in [0, 0.05) is 13.1 Å². The summed E-state index contributed by atoms with van der Waals surface area (Å²) in [6.07, 6.45) is 2.61. The number of nitrogens with two attached hydrogens (primary N) is 1. The number of piperidine rings is 1. The molecule has 0 radical (unpaired) electrons. The quantitative estimate of drug-likeness (QED) is 0.314. The Morgan fingerprint density at radius 3 is 2.79 bits per heavy atom. The molecular formula is C12H18N4O3. The maximum atomic E-state index is 12.1. The maximum Gasteiger partial charge on any atom is 0.287 e. The van der Waals surface area contributed by atoms with Crippen molar-refractivity contribution >= 4 is 11.7 Å². The van der Waals surface area contributed by atoms with E-state index >= 15 is 0 Å². The highest BCUT2D eigenvalue weighted by molar-refractivity contribution is 5.98. The van der Waals surface area contributed by atoms with E-state index in [1.54, 1.807) is 12.1 Å². The van der Waals surface area contributed by atoms with Crippen LogP contribution in [0.2, 0.25) is 0 Å². The van der Waals surface area contributed by atoms with Gasteiger partial charge in [-0.1, -0.05) is 5.16 Å². The first kappa shape index (κ1) is 13.4. The molecule has 1 aromatic heterocycles. The summed E-state index contributed by atoms with van der Waals surface area (Å²) in [4.78, 5) is 14.2. The zero-order chi connectivity index (χ0) is 13.9. The minimum Gasteiger partial charge on any atom is -0.459 e. The molecule has 1 aliphatic heterocycles. The molecule has 1 saturated heterocycles. The molecule has 0 atom stereocenters. The van der Waals surface area contributed by atoms with E-state index in [0.717, 1.165) is 13.1 Å². The van der Waals surface area contributed by atoms with Crippen LogP contribution in [0.3, 0.4) is 0 Å². The van der Waals surface area contributed by atoms with E-state index in [9.17, 15) is 4.79 Å². The van der Waals surface area contributed by atoms with Gasteiger partial charge in [-0.15, -0.1) is 0 Å². The van der Waals surface area contributed by atoms with Crippen LogP contribution in [-0.2, 0) is 0 Å². The second-order valence-corrected chi connectivity index (χ2v) is 4.80. The van der Waals surface area contributed by atoms with Gasteiger partial charge in [-0.3, -0.25) is 4.79 Å². The smallest absolute Gasteiger partial charge is 0.287 e. The fourth-order valence-electron chi connectivity index (χ4n) is 2.23. The van der Waals surface area contributed by atoms with Crippen molar-refractivity contribution in [3.8, 4) is 0 Å². The second kappa shape index (κ2) is 5.31. The number of nitrogens with one attached hydrogen (secondary N) is 1. The summed E-state index contributed by atoms with van der Waals surface area (Å²) in [6, 6.07) is 3.21. The Morgan fingerprint density at radius 2 is 2.26 bits per heavy atom. The summed E-state index contributed by atoms with van der Waals surface area (Å²) < 4.78 is 5.05. The molecule has 1 fully saturated rings. The fraction of sp³-hybridized carbons (Fsp3) is 0.500. The summed E-state index contributed by atoms with van der Waals surface area (Å²) in [5.41, 5.74) is 4.95. The van der Waals surface area contributed by atoms with Crippen LogP contribution in [0.4, 0.5) is 0 Å². The third kappa shape index (κ3) is 2.70. The van der Waals surface area contributed by atoms with Gasteiger partial charge in [0.15, 0.2) is 11.6 Å². The molecule has 2 rings (SSSR count). The zero-order valence-corrected chi connectivity index (χ0v) is 10.8. The highest BCUT2D eigenvalue weighted by atomic mass is 16.4. The van der Waals surface area contributed by atoms with Crippen LogP contribution >= 0.6 is 0 Å². The minimum atomic E-state index is -0.814. The largest absolute Gasteiger partial charge is 0.459 e. The van der Waals surface area contributed by atoms with Crippen LogP contribution in [0.5, 0.6) is 0 Å². The number of nitrogens with zero attached hydrogens (tertiary/aromatic N) is 2. The molecule has 0 bridgehead atoms. The van der Waals surface area contributed by atoms with E-state index in [0.29, 0.717) is 12.8 Å². The van der Waals surface area contributed by atoms with Crippen molar-refractivity contribution in [1.29, 1.82) is 0 Å². The van der Waals surface area contributed by atoms with E-state index in [1.807, 2.05) is 7.05 Å². The average molecular weight is 266 g/mol. The summed E-state index contributed by atoms with van der Waals surface area (Å²) in [6.45, 7) is 1.52. The van der Waals surface area contributed by atoms with Crippen LogP contribution < -0.4 is 11.1 Å². The van der Waals surface area contributed by atoms with E-state index in [4.69, 9.17) is 15.4 Å². The number of rotatable bonds is 3. The number of oxime groups is 1. The Kier molecular flexibility index (Phi) is 3.75.